The molecule has 1 aromatic heterocycles. The Morgan fingerprint density at radius 1 is 0.969 bits per heavy atom. The summed E-state index contributed by atoms with van der Waals surface area (Å²) in [5.74, 6) is -0.491. The first kappa shape index (κ1) is 21.6. The van der Waals surface area contributed by atoms with Crippen LogP contribution in [0.3, 0.4) is 0 Å². The number of rotatable bonds is 6. The Hall–Kier alpha value is -3.65. The molecule has 8 heteroatoms. The minimum atomic E-state index is -0.607. The van der Waals surface area contributed by atoms with E-state index in [0.29, 0.717) is 23.6 Å². The lowest BCUT2D eigenvalue weighted by Gasteiger charge is -2.23. The zero-order valence-electron chi connectivity index (χ0n) is 17.3. The van der Waals surface area contributed by atoms with Crippen LogP contribution in [0.1, 0.15) is 22.5 Å². The van der Waals surface area contributed by atoms with Crippen molar-refractivity contribution in [3.05, 3.63) is 77.0 Å². The molecule has 0 bridgehead atoms. The first-order chi connectivity index (χ1) is 15.6. The van der Waals surface area contributed by atoms with Crippen molar-refractivity contribution >= 4 is 29.1 Å². The van der Waals surface area contributed by atoms with Crippen LogP contribution in [0.2, 0.25) is 0 Å². The number of thiophene rings is 1. The minimum Gasteiger partial charge on any atom is -0.483 e. The van der Waals surface area contributed by atoms with Crippen LogP contribution < -0.4 is 15.6 Å². The van der Waals surface area contributed by atoms with Crippen molar-refractivity contribution in [2.75, 3.05) is 13.2 Å². The van der Waals surface area contributed by atoms with Crippen LogP contribution in [0.5, 0.6) is 5.75 Å². The lowest BCUT2D eigenvalue weighted by molar-refractivity contribution is -0.131. The van der Waals surface area contributed by atoms with E-state index in [0.717, 1.165) is 17.5 Å². The van der Waals surface area contributed by atoms with Crippen molar-refractivity contribution in [1.82, 2.24) is 15.8 Å². The highest BCUT2D eigenvalue weighted by Gasteiger charge is 2.35. The topological polar surface area (TPSA) is 87.7 Å². The fourth-order valence-corrected chi connectivity index (χ4v) is 4.35. The Kier molecular flexibility index (Phi) is 6.81. The number of hydrogen-bond donors (Lipinski definition) is 2. The molecule has 1 fully saturated rings. The number of amides is 3. The Labute approximate surface area is 190 Å². The maximum atomic E-state index is 12.6. The first-order valence-electron chi connectivity index (χ1n) is 10.3. The third kappa shape index (κ3) is 4.97. The Morgan fingerprint density at radius 2 is 1.75 bits per heavy atom. The molecule has 3 aromatic rings. The lowest BCUT2D eigenvalue weighted by atomic mass is 10.1. The zero-order chi connectivity index (χ0) is 22.3. The molecule has 164 valence electrons. The normalized spacial score (nSPS) is 15.2. The third-order valence-corrected chi connectivity index (χ3v) is 6.06. The van der Waals surface area contributed by atoms with Crippen molar-refractivity contribution in [3.63, 3.8) is 0 Å². The molecule has 32 heavy (non-hydrogen) atoms. The first-order valence-corrected chi connectivity index (χ1v) is 11.2. The van der Waals surface area contributed by atoms with Crippen LogP contribution in [0.25, 0.3) is 11.1 Å². The zero-order valence-corrected chi connectivity index (χ0v) is 18.1. The molecule has 2 aromatic carbocycles. The molecule has 7 nitrogen and oxygen atoms in total. The van der Waals surface area contributed by atoms with E-state index in [4.69, 9.17) is 4.74 Å². The van der Waals surface area contributed by atoms with E-state index in [2.05, 4.69) is 10.9 Å². The molecule has 0 spiro atoms. The molecule has 1 atom stereocenters. The summed E-state index contributed by atoms with van der Waals surface area (Å²) in [6.07, 6.45) is 1.29. The Morgan fingerprint density at radius 3 is 2.53 bits per heavy atom. The van der Waals surface area contributed by atoms with Gasteiger partial charge in [0.2, 0.25) is 0 Å². The minimum absolute atomic E-state index is 0.162. The number of ether oxygens (including phenoxy) is 1. The second-order valence-corrected chi connectivity index (χ2v) is 8.27. The summed E-state index contributed by atoms with van der Waals surface area (Å²) in [7, 11) is 0. The number of hydrogen-bond acceptors (Lipinski definition) is 5. The van der Waals surface area contributed by atoms with E-state index >= 15 is 0 Å². The van der Waals surface area contributed by atoms with E-state index in [9.17, 15) is 14.4 Å². The maximum absolute atomic E-state index is 12.6. The number of carbonyl (C=O) groups is 3. The van der Waals surface area contributed by atoms with Gasteiger partial charge in [-0.05, 0) is 35.9 Å². The molecule has 3 amide bonds. The standard InChI is InChI=1S/C24H23N3O4S/c28-22(16-31-20-12-5-4-10-18(20)17-8-2-1-3-9-17)25-26-23(29)19-11-6-14-27(19)24(30)21-13-7-15-32-21/h1-5,7-10,12-13,15,19H,6,11,14,16H2,(H,25,28)(H,26,29)/t19-/m0/s1. The van der Waals surface area contributed by atoms with Gasteiger partial charge in [-0.15, -0.1) is 11.3 Å². The van der Waals surface area contributed by atoms with Gasteiger partial charge in [0.25, 0.3) is 17.7 Å². The summed E-state index contributed by atoms with van der Waals surface area (Å²) in [6, 6.07) is 20.1. The molecule has 0 saturated carbocycles. The van der Waals surface area contributed by atoms with Gasteiger partial charge in [0.05, 0.1) is 4.88 Å². The van der Waals surface area contributed by atoms with Gasteiger partial charge in [0.1, 0.15) is 11.8 Å². The van der Waals surface area contributed by atoms with Crippen molar-refractivity contribution in [3.8, 4) is 16.9 Å². The highest BCUT2D eigenvalue weighted by Crippen LogP contribution is 2.29. The van der Waals surface area contributed by atoms with E-state index in [-0.39, 0.29) is 12.5 Å². The average molecular weight is 450 g/mol. The van der Waals surface area contributed by atoms with Crippen molar-refractivity contribution < 1.29 is 19.1 Å². The van der Waals surface area contributed by atoms with Crippen LogP contribution in [0.15, 0.2) is 72.1 Å². The molecular weight excluding hydrogens is 426 g/mol. The molecule has 2 heterocycles. The smallest absolute Gasteiger partial charge is 0.276 e. The van der Waals surface area contributed by atoms with E-state index < -0.39 is 17.9 Å². The number of nitrogens with one attached hydrogen (secondary N) is 2. The largest absolute Gasteiger partial charge is 0.483 e. The van der Waals surface area contributed by atoms with E-state index in [1.807, 2.05) is 53.9 Å². The summed E-state index contributed by atoms with van der Waals surface area (Å²) in [4.78, 5) is 39.6. The van der Waals surface area contributed by atoms with Crippen LogP contribution >= 0.6 is 11.3 Å². The molecule has 4 rings (SSSR count). The lowest BCUT2D eigenvalue weighted by Crippen LogP contribution is -2.52. The van der Waals surface area contributed by atoms with Crippen LogP contribution in [0.4, 0.5) is 0 Å². The Bertz CT molecular complexity index is 1090. The average Bonchev–Trinajstić information content (AvgIpc) is 3.54. The molecule has 0 radical (unpaired) electrons. The molecule has 2 N–H and O–H groups in total. The fraction of sp³-hybridized carbons (Fsp3) is 0.208. The number of carbonyl (C=O) groups excluding carboxylic acids is 3. The number of para-hydroxylation sites is 1. The highest BCUT2D eigenvalue weighted by atomic mass is 32.1. The van der Waals surface area contributed by atoms with Crippen LogP contribution in [0, 0.1) is 0 Å². The quantitative estimate of drug-likeness (QED) is 0.566. The number of likely N-dealkylation sites (tertiary alicyclic amines) is 1. The SMILES string of the molecule is O=C(COc1ccccc1-c1ccccc1)NNC(=O)[C@@H]1CCCN1C(=O)c1cccs1. The molecular formula is C24H23N3O4S. The van der Waals surface area contributed by atoms with Crippen molar-refractivity contribution in [2.24, 2.45) is 0 Å². The van der Waals surface area contributed by atoms with E-state index in [1.54, 1.807) is 23.1 Å². The molecule has 1 saturated heterocycles. The van der Waals surface area contributed by atoms with Crippen LogP contribution in [-0.4, -0.2) is 41.8 Å². The van der Waals surface area contributed by atoms with E-state index in [1.165, 1.54) is 11.3 Å². The van der Waals surface area contributed by atoms with Crippen LogP contribution in [-0.2, 0) is 9.59 Å². The Balaban J connectivity index is 1.30. The predicted molar refractivity (Wildman–Crippen MR) is 122 cm³/mol. The molecule has 1 aliphatic rings. The number of benzene rings is 2. The van der Waals surface area contributed by atoms with Gasteiger partial charge in [-0.3, -0.25) is 25.2 Å². The molecule has 1 aliphatic heterocycles. The third-order valence-electron chi connectivity index (χ3n) is 5.20. The van der Waals surface area contributed by atoms with Gasteiger partial charge in [0, 0.05) is 12.1 Å². The predicted octanol–water partition coefficient (Wildman–Crippen LogP) is 3.25. The van der Waals surface area contributed by atoms with Gasteiger partial charge < -0.3 is 9.64 Å². The van der Waals surface area contributed by atoms with Gasteiger partial charge in [0.15, 0.2) is 6.61 Å². The summed E-state index contributed by atoms with van der Waals surface area (Å²) in [6.45, 7) is 0.259. The summed E-state index contributed by atoms with van der Waals surface area (Å²) in [5, 5.41) is 1.83. The fourth-order valence-electron chi connectivity index (χ4n) is 3.67. The van der Waals surface area contributed by atoms with Gasteiger partial charge in [-0.1, -0.05) is 54.6 Å². The molecule has 0 aliphatic carbocycles. The number of nitrogens with zero attached hydrogens (tertiary/aromatic N) is 1. The summed E-state index contributed by atoms with van der Waals surface area (Å²) < 4.78 is 5.69. The maximum Gasteiger partial charge on any atom is 0.276 e. The van der Waals surface area contributed by atoms with Crippen molar-refractivity contribution in [1.29, 1.82) is 0 Å². The second kappa shape index (κ2) is 10.1. The highest BCUT2D eigenvalue weighted by molar-refractivity contribution is 7.12. The monoisotopic (exact) mass is 449 g/mol. The van der Waals surface area contributed by atoms with Gasteiger partial charge >= 0.3 is 0 Å². The van der Waals surface area contributed by atoms with Crippen molar-refractivity contribution in [2.45, 2.75) is 18.9 Å². The van der Waals surface area contributed by atoms with Gasteiger partial charge in [-0.2, -0.15) is 0 Å². The summed E-state index contributed by atoms with van der Waals surface area (Å²) in [5.41, 5.74) is 6.67. The number of hydrazine groups is 1. The second-order valence-electron chi connectivity index (χ2n) is 7.32. The van der Waals surface area contributed by atoms with Gasteiger partial charge in [-0.25, -0.2) is 0 Å². The summed E-state index contributed by atoms with van der Waals surface area (Å²) >= 11 is 1.34. The molecule has 0 unspecified atom stereocenters.